The minimum Gasteiger partial charge on any atom is -0.456 e. The van der Waals surface area contributed by atoms with E-state index in [2.05, 4.69) is 310 Å². The van der Waals surface area contributed by atoms with E-state index in [4.69, 9.17) is 8.83 Å². The maximum absolute atomic E-state index is 6.31. The maximum Gasteiger partial charge on any atom is 0.135 e. The fourth-order valence-corrected chi connectivity index (χ4v) is 13.8. The number of anilines is 6. The van der Waals surface area contributed by atoms with E-state index in [1.807, 2.05) is 24.3 Å². The van der Waals surface area contributed by atoms with Gasteiger partial charge in [-0.2, -0.15) is 0 Å². The Kier molecular flexibility index (Phi) is 11.2. The third-order valence-electron chi connectivity index (χ3n) is 17.8. The highest BCUT2D eigenvalue weighted by Gasteiger charge is 2.24. The van der Waals surface area contributed by atoms with Gasteiger partial charge < -0.3 is 27.8 Å². The van der Waals surface area contributed by atoms with E-state index in [1.165, 1.54) is 32.3 Å². The van der Waals surface area contributed by atoms with Crippen molar-refractivity contribution in [1.29, 1.82) is 0 Å². The van der Waals surface area contributed by atoms with Gasteiger partial charge in [-0.15, -0.1) is 0 Å². The molecule has 0 unspecified atom stereocenters. The van der Waals surface area contributed by atoms with Crippen molar-refractivity contribution in [2.45, 2.75) is 0 Å². The van der Waals surface area contributed by atoms with E-state index < -0.39 is 0 Å². The normalized spacial score (nSPS) is 11.9. The van der Waals surface area contributed by atoms with E-state index in [0.717, 1.165) is 134 Å². The van der Waals surface area contributed by atoms with E-state index in [1.54, 1.807) is 0 Å². The Hall–Kier alpha value is -11.9. The molecule has 0 amide bonds. The van der Waals surface area contributed by atoms with Crippen molar-refractivity contribution in [2.24, 2.45) is 0 Å². The molecule has 18 rings (SSSR count). The van der Waals surface area contributed by atoms with Gasteiger partial charge in [-0.25, -0.2) is 0 Å². The molecular formula is C82H52N4O2. The molecule has 0 aliphatic carbocycles. The molecule has 0 aliphatic rings. The van der Waals surface area contributed by atoms with Crippen LogP contribution in [0.2, 0.25) is 0 Å². The molecule has 4 heterocycles. The van der Waals surface area contributed by atoms with Gasteiger partial charge in [-0.3, -0.25) is 0 Å². The van der Waals surface area contributed by atoms with Gasteiger partial charge in [0.25, 0.3) is 0 Å². The molecule has 0 spiro atoms. The van der Waals surface area contributed by atoms with Crippen molar-refractivity contribution >= 4 is 132 Å². The minimum absolute atomic E-state index is 0.865. The minimum atomic E-state index is 0.865. The molecule has 0 fully saturated rings. The van der Waals surface area contributed by atoms with Crippen LogP contribution in [-0.4, -0.2) is 9.13 Å². The van der Waals surface area contributed by atoms with Gasteiger partial charge in [0.1, 0.15) is 22.7 Å². The molecule has 0 N–H and O–H groups in total. The summed E-state index contributed by atoms with van der Waals surface area (Å²) in [5.74, 6) is 1.73. The molecule has 412 valence electrons. The van der Waals surface area contributed by atoms with Gasteiger partial charge in [0.15, 0.2) is 0 Å². The maximum atomic E-state index is 6.31. The lowest BCUT2D eigenvalue weighted by molar-refractivity contribution is 0.631. The third-order valence-corrected chi connectivity index (χ3v) is 17.8. The SMILES string of the molecule is c1ccc(N(c2ccc3cc(-c4cc5ccccc5o4)ccc3c2)c2ccc3c(c2)c2c4ccc5c(c4ccc2n3-c2ccccc2)c2ccc(N(c3ccccc3)c3ccc4cc(-c6cc7ccccc7o6)ccc4c3)cc2n5-c2ccccc2)cc1. The second kappa shape index (κ2) is 19.9. The number of hydrogen-bond acceptors (Lipinski definition) is 4. The number of benzene rings is 14. The largest absolute Gasteiger partial charge is 0.456 e. The molecule has 14 aromatic carbocycles. The van der Waals surface area contributed by atoms with Crippen LogP contribution in [0.15, 0.2) is 324 Å². The summed E-state index contributed by atoms with van der Waals surface area (Å²) in [4.78, 5) is 4.77. The predicted molar refractivity (Wildman–Crippen MR) is 367 cm³/mol. The van der Waals surface area contributed by atoms with Gasteiger partial charge in [-0.05, 0) is 184 Å². The molecule has 0 bridgehead atoms. The van der Waals surface area contributed by atoms with Crippen LogP contribution in [-0.2, 0) is 0 Å². The van der Waals surface area contributed by atoms with Crippen molar-refractivity contribution in [2.75, 3.05) is 9.80 Å². The van der Waals surface area contributed by atoms with Crippen LogP contribution >= 0.6 is 0 Å². The Balaban J connectivity index is 0.810. The number of fused-ring (bicyclic) bond motifs is 13. The molecule has 6 heteroatoms. The summed E-state index contributed by atoms with van der Waals surface area (Å²) in [6.45, 7) is 0. The van der Waals surface area contributed by atoms with E-state index in [-0.39, 0.29) is 0 Å². The Morgan fingerprint density at radius 1 is 0.227 bits per heavy atom. The molecule has 0 radical (unpaired) electrons. The fourth-order valence-electron chi connectivity index (χ4n) is 13.8. The first kappa shape index (κ1) is 49.6. The van der Waals surface area contributed by atoms with Crippen molar-refractivity contribution < 1.29 is 8.83 Å². The zero-order chi connectivity index (χ0) is 57.8. The summed E-state index contributed by atoms with van der Waals surface area (Å²) >= 11 is 0. The van der Waals surface area contributed by atoms with Crippen LogP contribution in [0.25, 0.3) is 132 Å². The summed E-state index contributed by atoms with van der Waals surface area (Å²) in [7, 11) is 0. The Bertz CT molecular complexity index is 5700. The van der Waals surface area contributed by atoms with Crippen LogP contribution in [0.5, 0.6) is 0 Å². The summed E-state index contributed by atoms with van der Waals surface area (Å²) < 4.78 is 17.5. The average Bonchev–Trinajstić information content (AvgIpc) is 1.75. The first-order valence-corrected chi connectivity index (χ1v) is 30.0. The molecule has 0 aliphatic heterocycles. The lowest BCUT2D eigenvalue weighted by Crippen LogP contribution is -2.10. The lowest BCUT2D eigenvalue weighted by Gasteiger charge is -2.26. The number of rotatable bonds is 10. The molecule has 0 saturated heterocycles. The van der Waals surface area contributed by atoms with E-state index >= 15 is 0 Å². The molecule has 6 nitrogen and oxygen atoms in total. The van der Waals surface area contributed by atoms with Crippen LogP contribution in [0.4, 0.5) is 34.1 Å². The molecule has 0 saturated carbocycles. The van der Waals surface area contributed by atoms with Crippen LogP contribution in [0, 0.1) is 0 Å². The van der Waals surface area contributed by atoms with E-state index in [0.29, 0.717) is 0 Å². The quantitative estimate of drug-likeness (QED) is 0.137. The van der Waals surface area contributed by atoms with Gasteiger partial charge in [0.2, 0.25) is 0 Å². The zero-order valence-corrected chi connectivity index (χ0v) is 47.6. The predicted octanol–water partition coefficient (Wildman–Crippen LogP) is 23.1. The topological polar surface area (TPSA) is 42.6 Å². The van der Waals surface area contributed by atoms with Gasteiger partial charge in [0.05, 0.1) is 22.1 Å². The molecular weight excluding hydrogens is 1070 g/mol. The summed E-state index contributed by atoms with van der Waals surface area (Å²) in [5.41, 5.74) is 17.1. The first-order chi connectivity index (χ1) is 43.6. The molecule has 18 aromatic rings. The lowest BCUT2D eigenvalue weighted by atomic mass is 9.99. The van der Waals surface area contributed by atoms with Gasteiger partial charge >= 0.3 is 0 Å². The van der Waals surface area contributed by atoms with Crippen LogP contribution < -0.4 is 9.80 Å². The third kappa shape index (κ3) is 8.04. The van der Waals surface area contributed by atoms with Gasteiger partial charge in [-0.1, -0.05) is 164 Å². The monoisotopic (exact) mass is 1120 g/mol. The number of nitrogens with zero attached hydrogens (tertiary/aromatic N) is 4. The fraction of sp³-hybridized carbons (Fsp3) is 0. The van der Waals surface area contributed by atoms with E-state index in [9.17, 15) is 0 Å². The summed E-state index contributed by atoms with van der Waals surface area (Å²) in [6.07, 6.45) is 0. The molecule has 0 atom stereocenters. The zero-order valence-electron chi connectivity index (χ0n) is 47.6. The van der Waals surface area contributed by atoms with Crippen molar-refractivity contribution in [3.8, 4) is 34.0 Å². The summed E-state index contributed by atoms with van der Waals surface area (Å²) in [5, 5.41) is 13.9. The van der Waals surface area contributed by atoms with Crippen molar-refractivity contribution in [3.05, 3.63) is 315 Å². The smallest absolute Gasteiger partial charge is 0.135 e. The second-order valence-corrected chi connectivity index (χ2v) is 22.9. The van der Waals surface area contributed by atoms with Gasteiger partial charge in [0, 0.05) is 88.9 Å². The first-order valence-electron chi connectivity index (χ1n) is 30.0. The Morgan fingerprint density at radius 2 is 0.614 bits per heavy atom. The van der Waals surface area contributed by atoms with Crippen LogP contribution in [0.3, 0.4) is 0 Å². The highest BCUT2D eigenvalue weighted by atomic mass is 16.3. The number of aromatic nitrogens is 2. The summed E-state index contributed by atoms with van der Waals surface area (Å²) in [6, 6.07) is 114. The highest BCUT2D eigenvalue weighted by Crippen LogP contribution is 2.47. The average molecular weight is 1130 g/mol. The Morgan fingerprint density at radius 3 is 1.14 bits per heavy atom. The molecule has 4 aromatic heterocycles. The standard InChI is InChI=1S/C82H52N4O2/c1-5-19-61(20-6-1)83(65-35-33-53-45-59(31-29-55(53)47-65)79-49-57-17-13-15-27-77(57)87-79)67-38-42-73-72(51-67)82-70-41-43-74-81(69(70)40-44-75(82)85(73)63-23-9-3-10-24-63)71-39-37-68(52-76(71)86(74)64-25-11-4-12-26-64)84(62-21-7-2-8-22-62)66-36-34-54-46-60(32-30-56(54)48-66)80-50-58-18-14-16-28-78(58)88-80/h1-52H. The van der Waals surface area contributed by atoms with Crippen molar-refractivity contribution in [3.63, 3.8) is 0 Å². The number of hydrogen-bond donors (Lipinski definition) is 0. The van der Waals surface area contributed by atoms with Crippen LogP contribution in [0.1, 0.15) is 0 Å². The number of furan rings is 2. The highest BCUT2D eigenvalue weighted by molar-refractivity contribution is 6.30. The number of para-hydroxylation sites is 6. The Labute approximate surface area is 506 Å². The van der Waals surface area contributed by atoms with Crippen molar-refractivity contribution in [1.82, 2.24) is 9.13 Å². The second-order valence-electron chi connectivity index (χ2n) is 22.9. The molecule has 88 heavy (non-hydrogen) atoms.